The highest BCUT2D eigenvalue weighted by Gasteiger charge is 2.24. The Labute approximate surface area is 156 Å². The largest absolute Gasteiger partial charge is 0.462 e. The SMILES string of the molecule is CCOC(=O)/C(=C/N(CC)CC)C(=S)NC(=O)OCC(Cl)(Cl)Cl. The number of carbonyl (C=O) groups is 2. The molecule has 0 aromatic heterocycles. The van der Waals surface area contributed by atoms with Gasteiger partial charge in [0.25, 0.3) is 0 Å². The van der Waals surface area contributed by atoms with Gasteiger partial charge in [-0.15, -0.1) is 0 Å². The summed E-state index contributed by atoms with van der Waals surface area (Å²) in [7, 11) is 0. The molecule has 0 aromatic carbocycles. The minimum Gasteiger partial charge on any atom is -0.462 e. The molecule has 0 unspecified atom stereocenters. The van der Waals surface area contributed by atoms with E-state index < -0.39 is 22.5 Å². The van der Waals surface area contributed by atoms with Crippen LogP contribution in [0.1, 0.15) is 20.8 Å². The van der Waals surface area contributed by atoms with E-state index in [9.17, 15) is 9.59 Å². The first-order valence-electron chi connectivity index (χ1n) is 6.82. The van der Waals surface area contributed by atoms with Gasteiger partial charge in [-0.2, -0.15) is 0 Å². The number of rotatable bonds is 7. The predicted octanol–water partition coefficient (Wildman–Crippen LogP) is 3.20. The van der Waals surface area contributed by atoms with Crippen LogP contribution < -0.4 is 5.32 Å². The quantitative estimate of drug-likeness (QED) is 0.304. The van der Waals surface area contributed by atoms with Gasteiger partial charge >= 0.3 is 12.1 Å². The number of carbonyl (C=O) groups excluding carboxylic acids is 2. The Morgan fingerprint density at radius 1 is 1.17 bits per heavy atom. The smallest absolute Gasteiger partial charge is 0.412 e. The van der Waals surface area contributed by atoms with Gasteiger partial charge in [-0.05, 0) is 20.8 Å². The maximum Gasteiger partial charge on any atom is 0.412 e. The molecule has 0 bridgehead atoms. The highest BCUT2D eigenvalue weighted by Crippen LogP contribution is 2.25. The van der Waals surface area contributed by atoms with Crippen molar-refractivity contribution in [2.75, 3.05) is 26.3 Å². The third kappa shape index (κ3) is 9.86. The number of thiocarbonyl (C=S) groups is 1. The molecule has 10 heteroatoms. The molecule has 1 amide bonds. The molecule has 0 spiro atoms. The van der Waals surface area contributed by atoms with Crippen LogP contribution in [0, 0.1) is 0 Å². The number of esters is 1. The van der Waals surface area contributed by atoms with Crippen molar-refractivity contribution in [2.45, 2.75) is 24.6 Å². The Morgan fingerprint density at radius 2 is 1.74 bits per heavy atom. The number of alkyl carbamates (subject to hydrolysis) is 1. The van der Waals surface area contributed by atoms with Crippen molar-refractivity contribution in [3.8, 4) is 0 Å². The minimum atomic E-state index is -1.74. The van der Waals surface area contributed by atoms with Crippen molar-refractivity contribution in [3.63, 3.8) is 0 Å². The van der Waals surface area contributed by atoms with E-state index in [1.54, 1.807) is 6.92 Å². The van der Waals surface area contributed by atoms with Crippen molar-refractivity contribution >= 4 is 64.1 Å². The van der Waals surface area contributed by atoms with E-state index in [-0.39, 0.29) is 17.2 Å². The second-order valence-electron chi connectivity index (χ2n) is 4.13. The molecule has 0 saturated carbocycles. The average molecular weight is 406 g/mol. The number of amides is 1. The molecule has 0 saturated heterocycles. The Hall–Kier alpha value is -0.760. The second kappa shape index (κ2) is 10.9. The van der Waals surface area contributed by atoms with Crippen molar-refractivity contribution in [3.05, 3.63) is 11.8 Å². The van der Waals surface area contributed by atoms with Gasteiger partial charge in [0.2, 0.25) is 3.79 Å². The summed E-state index contributed by atoms with van der Waals surface area (Å²) in [6.45, 7) is 6.51. The summed E-state index contributed by atoms with van der Waals surface area (Å²) < 4.78 is 7.90. The molecule has 0 aromatic rings. The van der Waals surface area contributed by atoms with E-state index in [0.717, 1.165) is 0 Å². The molecule has 0 aliphatic rings. The van der Waals surface area contributed by atoms with Crippen LogP contribution in [0.25, 0.3) is 0 Å². The highest BCUT2D eigenvalue weighted by atomic mass is 35.6. The molecule has 6 nitrogen and oxygen atoms in total. The Bertz CT molecular complexity index is 463. The summed E-state index contributed by atoms with van der Waals surface area (Å²) in [6.07, 6.45) is 0.589. The van der Waals surface area contributed by atoms with Crippen molar-refractivity contribution in [1.82, 2.24) is 10.2 Å². The van der Waals surface area contributed by atoms with Crippen LogP contribution in [0.4, 0.5) is 4.79 Å². The van der Waals surface area contributed by atoms with Crippen LogP contribution in [0.3, 0.4) is 0 Å². The van der Waals surface area contributed by atoms with Gasteiger partial charge < -0.3 is 14.4 Å². The number of nitrogens with one attached hydrogen (secondary N) is 1. The first-order valence-corrected chi connectivity index (χ1v) is 8.36. The van der Waals surface area contributed by atoms with Crippen molar-refractivity contribution in [2.24, 2.45) is 0 Å². The van der Waals surface area contributed by atoms with Crippen molar-refractivity contribution < 1.29 is 19.1 Å². The third-order valence-corrected chi connectivity index (χ3v) is 3.10. The number of alkyl halides is 3. The maximum atomic E-state index is 12.0. The first kappa shape index (κ1) is 22.2. The van der Waals surface area contributed by atoms with E-state index >= 15 is 0 Å². The second-order valence-corrected chi connectivity index (χ2v) is 7.05. The molecule has 0 heterocycles. The zero-order valence-electron chi connectivity index (χ0n) is 13.0. The molecule has 23 heavy (non-hydrogen) atoms. The van der Waals surface area contributed by atoms with Gasteiger partial charge in [0, 0.05) is 19.3 Å². The number of hydrogen-bond acceptors (Lipinski definition) is 6. The Balaban J connectivity index is 5.00. The first-order chi connectivity index (χ1) is 10.6. The lowest BCUT2D eigenvalue weighted by Gasteiger charge is -2.18. The molecule has 0 radical (unpaired) electrons. The summed E-state index contributed by atoms with van der Waals surface area (Å²) in [5.74, 6) is -0.647. The number of halogens is 3. The van der Waals surface area contributed by atoms with Crippen LogP contribution in [0.15, 0.2) is 11.8 Å². The predicted molar refractivity (Wildman–Crippen MR) is 95.0 cm³/mol. The topological polar surface area (TPSA) is 67.9 Å². The van der Waals surface area contributed by atoms with Crippen LogP contribution in [0.2, 0.25) is 0 Å². The van der Waals surface area contributed by atoms with Crippen molar-refractivity contribution in [1.29, 1.82) is 0 Å². The summed E-state index contributed by atoms with van der Waals surface area (Å²) in [4.78, 5) is 25.3. The lowest BCUT2D eigenvalue weighted by atomic mass is 10.2. The molecule has 132 valence electrons. The average Bonchev–Trinajstić information content (AvgIpc) is 2.45. The van der Waals surface area contributed by atoms with E-state index in [0.29, 0.717) is 13.1 Å². The van der Waals surface area contributed by atoms with E-state index in [4.69, 9.17) is 56.5 Å². The molecule has 1 N–H and O–H groups in total. The van der Waals surface area contributed by atoms with Gasteiger partial charge in [0.05, 0.1) is 6.61 Å². The molecule has 0 atom stereocenters. The Morgan fingerprint density at radius 3 is 2.17 bits per heavy atom. The monoisotopic (exact) mass is 404 g/mol. The van der Waals surface area contributed by atoms with Gasteiger partial charge in [-0.25, -0.2) is 9.59 Å². The van der Waals surface area contributed by atoms with E-state index in [1.807, 2.05) is 18.7 Å². The highest BCUT2D eigenvalue weighted by molar-refractivity contribution is 7.80. The number of nitrogens with zero attached hydrogens (tertiary/aromatic N) is 1. The van der Waals surface area contributed by atoms with Crippen LogP contribution in [-0.2, 0) is 14.3 Å². The zero-order valence-corrected chi connectivity index (χ0v) is 16.1. The minimum absolute atomic E-state index is 0.0383. The van der Waals surface area contributed by atoms with E-state index in [1.165, 1.54) is 6.20 Å². The summed E-state index contributed by atoms with van der Waals surface area (Å²) in [5.41, 5.74) is 0.0383. The normalized spacial score (nSPS) is 11.7. The van der Waals surface area contributed by atoms with Crippen LogP contribution in [0.5, 0.6) is 0 Å². The molecule has 0 aliphatic carbocycles. The number of ether oxygens (including phenoxy) is 2. The third-order valence-electron chi connectivity index (χ3n) is 2.45. The van der Waals surface area contributed by atoms with Gasteiger partial charge in [-0.3, -0.25) is 5.32 Å². The molecule has 0 fully saturated rings. The Kier molecular flexibility index (Phi) is 10.6. The lowest BCUT2D eigenvalue weighted by Crippen LogP contribution is -2.36. The zero-order chi connectivity index (χ0) is 18.0. The lowest BCUT2D eigenvalue weighted by molar-refractivity contribution is -0.137. The van der Waals surface area contributed by atoms with Crippen LogP contribution >= 0.6 is 47.0 Å². The molecular formula is C13H19Cl3N2O4S. The summed E-state index contributed by atoms with van der Waals surface area (Å²) in [6, 6.07) is 0. The summed E-state index contributed by atoms with van der Waals surface area (Å²) >= 11 is 21.5. The van der Waals surface area contributed by atoms with Gasteiger partial charge in [-0.1, -0.05) is 47.0 Å². The van der Waals surface area contributed by atoms with Gasteiger partial charge in [0.1, 0.15) is 17.2 Å². The van der Waals surface area contributed by atoms with E-state index in [2.05, 4.69) is 5.32 Å². The van der Waals surface area contributed by atoms with Gasteiger partial charge in [0.15, 0.2) is 0 Å². The fourth-order valence-electron chi connectivity index (χ4n) is 1.35. The molecule has 0 aliphatic heterocycles. The summed E-state index contributed by atoms with van der Waals surface area (Å²) in [5, 5.41) is 2.24. The number of hydrogen-bond donors (Lipinski definition) is 1. The fraction of sp³-hybridized carbons (Fsp3) is 0.615. The fourth-order valence-corrected chi connectivity index (χ4v) is 1.73. The molecule has 0 rings (SSSR count). The maximum absolute atomic E-state index is 12.0. The molecular weight excluding hydrogens is 387 g/mol. The standard InChI is InChI=1S/C13H19Cl3N2O4S/c1-4-18(5-2)7-9(11(19)21-6-3)10(23)17-12(20)22-8-13(14,15)16/h7H,4-6,8H2,1-3H3,(H,17,20,23)/b9-7+. The van der Waals surface area contributed by atoms with Crippen LogP contribution in [-0.4, -0.2) is 52.0 Å².